The predicted molar refractivity (Wildman–Crippen MR) is 70.3 cm³/mol. The average molecular weight is 236 g/mol. The van der Waals surface area contributed by atoms with Gasteiger partial charge in [0.1, 0.15) is 0 Å². The molecule has 1 unspecified atom stereocenters. The van der Waals surface area contributed by atoms with Crippen LogP contribution in [-0.2, 0) is 0 Å². The van der Waals surface area contributed by atoms with Crippen molar-refractivity contribution in [3.05, 3.63) is 33.5 Å². The SMILES string of the molecule is Cc1cscc1C(NN)C1=CCCCCC1. The Balaban J connectivity index is 2.21. The molecule has 1 aliphatic carbocycles. The molecular formula is C13H20N2S. The Hall–Kier alpha value is -0.640. The minimum Gasteiger partial charge on any atom is -0.271 e. The van der Waals surface area contributed by atoms with Gasteiger partial charge in [0.15, 0.2) is 0 Å². The number of hydrogen-bond acceptors (Lipinski definition) is 3. The van der Waals surface area contributed by atoms with E-state index >= 15 is 0 Å². The molecule has 0 aromatic carbocycles. The molecule has 1 heterocycles. The van der Waals surface area contributed by atoms with Gasteiger partial charge >= 0.3 is 0 Å². The third kappa shape index (κ3) is 2.54. The number of allylic oxidation sites excluding steroid dienone is 1. The summed E-state index contributed by atoms with van der Waals surface area (Å²) in [5.41, 5.74) is 7.15. The molecule has 1 atom stereocenters. The summed E-state index contributed by atoms with van der Waals surface area (Å²) in [7, 11) is 0. The maximum Gasteiger partial charge on any atom is 0.0680 e. The van der Waals surface area contributed by atoms with Crippen LogP contribution >= 0.6 is 11.3 Å². The number of rotatable bonds is 3. The number of nitrogens with one attached hydrogen (secondary N) is 1. The van der Waals surface area contributed by atoms with Crippen LogP contribution in [0.3, 0.4) is 0 Å². The van der Waals surface area contributed by atoms with Crippen LogP contribution in [0.5, 0.6) is 0 Å². The lowest BCUT2D eigenvalue weighted by Crippen LogP contribution is -2.29. The number of aryl methyl sites for hydroxylation is 1. The Bertz CT molecular complexity index is 368. The van der Waals surface area contributed by atoms with E-state index in [1.165, 1.54) is 48.8 Å². The van der Waals surface area contributed by atoms with Crippen molar-refractivity contribution < 1.29 is 0 Å². The zero-order valence-corrected chi connectivity index (χ0v) is 10.6. The number of nitrogens with two attached hydrogens (primary N) is 1. The van der Waals surface area contributed by atoms with Crippen molar-refractivity contribution in [3.63, 3.8) is 0 Å². The molecule has 0 aliphatic heterocycles. The number of thiophene rings is 1. The first kappa shape index (κ1) is 11.8. The van der Waals surface area contributed by atoms with Gasteiger partial charge in [0.2, 0.25) is 0 Å². The van der Waals surface area contributed by atoms with E-state index in [4.69, 9.17) is 5.84 Å². The van der Waals surface area contributed by atoms with E-state index in [9.17, 15) is 0 Å². The van der Waals surface area contributed by atoms with Crippen molar-refractivity contribution >= 4 is 11.3 Å². The molecule has 3 N–H and O–H groups in total. The molecule has 1 aromatic rings. The number of hydrogen-bond donors (Lipinski definition) is 2. The predicted octanol–water partition coefficient (Wildman–Crippen LogP) is 3.45. The minimum absolute atomic E-state index is 0.226. The molecule has 0 radical (unpaired) electrons. The van der Waals surface area contributed by atoms with Gasteiger partial charge in [-0.3, -0.25) is 5.84 Å². The van der Waals surface area contributed by atoms with Crippen molar-refractivity contribution in [3.8, 4) is 0 Å². The molecule has 0 bridgehead atoms. The van der Waals surface area contributed by atoms with Crippen LogP contribution in [0.25, 0.3) is 0 Å². The van der Waals surface area contributed by atoms with Gasteiger partial charge in [-0.2, -0.15) is 11.3 Å². The van der Waals surface area contributed by atoms with Crippen molar-refractivity contribution in [2.45, 2.75) is 45.1 Å². The molecule has 0 amide bonds. The van der Waals surface area contributed by atoms with E-state index in [2.05, 4.69) is 29.2 Å². The zero-order valence-electron chi connectivity index (χ0n) is 9.83. The Morgan fingerprint density at radius 2 is 2.19 bits per heavy atom. The summed E-state index contributed by atoms with van der Waals surface area (Å²) in [6.45, 7) is 2.16. The van der Waals surface area contributed by atoms with Crippen LogP contribution < -0.4 is 11.3 Å². The maximum atomic E-state index is 5.73. The largest absolute Gasteiger partial charge is 0.271 e. The molecule has 0 fully saturated rings. The lowest BCUT2D eigenvalue weighted by Gasteiger charge is -2.19. The second-order valence-electron chi connectivity index (χ2n) is 4.49. The van der Waals surface area contributed by atoms with Gasteiger partial charge in [0, 0.05) is 0 Å². The monoisotopic (exact) mass is 236 g/mol. The van der Waals surface area contributed by atoms with Gasteiger partial charge < -0.3 is 0 Å². The fourth-order valence-electron chi connectivity index (χ4n) is 2.36. The highest BCUT2D eigenvalue weighted by Gasteiger charge is 2.18. The Morgan fingerprint density at radius 3 is 2.88 bits per heavy atom. The third-order valence-corrected chi connectivity index (χ3v) is 4.20. The Morgan fingerprint density at radius 1 is 1.31 bits per heavy atom. The molecule has 88 valence electrons. The van der Waals surface area contributed by atoms with Crippen LogP contribution in [-0.4, -0.2) is 0 Å². The van der Waals surface area contributed by atoms with Gasteiger partial charge in [-0.1, -0.05) is 18.1 Å². The second-order valence-corrected chi connectivity index (χ2v) is 5.23. The molecule has 0 saturated carbocycles. The van der Waals surface area contributed by atoms with Crippen molar-refractivity contribution in [2.75, 3.05) is 0 Å². The first-order valence-corrected chi connectivity index (χ1v) is 6.95. The second kappa shape index (κ2) is 5.62. The fourth-order valence-corrected chi connectivity index (χ4v) is 3.24. The lowest BCUT2D eigenvalue weighted by atomic mass is 9.95. The summed E-state index contributed by atoms with van der Waals surface area (Å²) >= 11 is 1.76. The minimum atomic E-state index is 0.226. The van der Waals surface area contributed by atoms with Gasteiger partial charge in [-0.25, -0.2) is 5.43 Å². The smallest absolute Gasteiger partial charge is 0.0680 e. The lowest BCUT2D eigenvalue weighted by molar-refractivity contribution is 0.592. The van der Waals surface area contributed by atoms with Gasteiger partial charge in [0.05, 0.1) is 6.04 Å². The van der Waals surface area contributed by atoms with Crippen LogP contribution in [0.4, 0.5) is 0 Å². The van der Waals surface area contributed by atoms with Gasteiger partial charge in [0.25, 0.3) is 0 Å². The molecule has 2 rings (SSSR count). The quantitative estimate of drug-likeness (QED) is 0.479. The fraction of sp³-hybridized carbons (Fsp3) is 0.538. The summed E-state index contributed by atoms with van der Waals surface area (Å²) in [6, 6.07) is 0.226. The van der Waals surface area contributed by atoms with Crippen LogP contribution in [0.2, 0.25) is 0 Å². The third-order valence-electron chi connectivity index (χ3n) is 3.32. The van der Waals surface area contributed by atoms with E-state index in [0.29, 0.717) is 0 Å². The summed E-state index contributed by atoms with van der Waals surface area (Å²) in [4.78, 5) is 0. The molecule has 16 heavy (non-hydrogen) atoms. The Labute approximate surface area is 102 Å². The van der Waals surface area contributed by atoms with E-state index in [1.807, 2.05) is 0 Å². The normalized spacial score (nSPS) is 19.0. The molecule has 0 spiro atoms. The van der Waals surface area contributed by atoms with Crippen molar-refractivity contribution in [2.24, 2.45) is 5.84 Å². The van der Waals surface area contributed by atoms with E-state index < -0.39 is 0 Å². The van der Waals surface area contributed by atoms with E-state index in [1.54, 1.807) is 11.3 Å². The molecular weight excluding hydrogens is 216 g/mol. The Kier molecular flexibility index (Phi) is 4.16. The van der Waals surface area contributed by atoms with Crippen LogP contribution in [0.1, 0.15) is 49.3 Å². The molecule has 1 aliphatic rings. The summed E-state index contributed by atoms with van der Waals surface area (Å²) in [5.74, 6) is 5.73. The van der Waals surface area contributed by atoms with E-state index in [-0.39, 0.29) is 6.04 Å². The summed E-state index contributed by atoms with van der Waals surface area (Å²) in [5, 5.41) is 4.41. The van der Waals surface area contributed by atoms with Crippen molar-refractivity contribution in [1.82, 2.24) is 5.43 Å². The van der Waals surface area contributed by atoms with Gasteiger partial charge in [-0.15, -0.1) is 0 Å². The molecule has 3 heteroatoms. The maximum absolute atomic E-state index is 5.73. The summed E-state index contributed by atoms with van der Waals surface area (Å²) < 4.78 is 0. The number of hydrazine groups is 1. The highest BCUT2D eigenvalue weighted by Crippen LogP contribution is 2.31. The first-order valence-electron chi connectivity index (χ1n) is 6.00. The summed E-state index contributed by atoms with van der Waals surface area (Å²) in [6.07, 6.45) is 8.74. The van der Waals surface area contributed by atoms with Crippen molar-refractivity contribution in [1.29, 1.82) is 0 Å². The zero-order chi connectivity index (χ0) is 11.4. The standard InChI is InChI=1S/C13H20N2S/c1-10-8-16-9-12(10)13(15-14)11-6-4-2-3-5-7-11/h6,8-9,13,15H,2-5,7,14H2,1H3. The first-order chi connectivity index (χ1) is 7.83. The topological polar surface area (TPSA) is 38.0 Å². The average Bonchev–Trinajstić information content (AvgIpc) is 2.57. The highest BCUT2D eigenvalue weighted by molar-refractivity contribution is 7.08. The van der Waals surface area contributed by atoms with Crippen LogP contribution in [0, 0.1) is 6.92 Å². The highest BCUT2D eigenvalue weighted by atomic mass is 32.1. The molecule has 1 aromatic heterocycles. The van der Waals surface area contributed by atoms with E-state index in [0.717, 1.165) is 0 Å². The molecule has 0 saturated heterocycles. The van der Waals surface area contributed by atoms with Crippen LogP contribution in [0.15, 0.2) is 22.4 Å². The molecule has 2 nitrogen and oxygen atoms in total. The van der Waals surface area contributed by atoms with Gasteiger partial charge in [-0.05, 0) is 54.5 Å².